The second-order valence-corrected chi connectivity index (χ2v) is 2.97. The minimum absolute atomic E-state index is 0.0556. The molecule has 0 aromatic rings. The molecular weight excluding hydrogens is 125 g/mol. The van der Waals surface area contributed by atoms with Crippen LogP contribution in [0.2, 0.25) is 0 Å². The van der Waals surface area contributed by atoms with Crippen LogP contribution in [-0.2, 0) is 0 Å². The van der Waals surface area contributed by atoms with Crippen LogP contribution in [0, 0.1) is 0 Å². The van der Waals surface area contributed by atoms with Gasteiger partial charge in [0.25, 0.3) is 0 Å². The first-order valence-electron chi connectivity index (χ1n) is 2.71. The van der Waals surface area contributed by atoms with Gasteiger partial charge in [-0.05, 0) is 7.05 Å². The molecular formula is C5H10FNS. The van der Waals surface area contributed by atoms with E-state index in [4.69, 9.17) is 0 Å². The SMILES string of the molecule is CN1CC(S)[C@@H](F)C1. The van der Waals surface area contributed by atoms with Gasteiger partial charge in [-0.2, -0.15) is 12.6 Å². The van der Waals surface area contributed by atoms with Gasteiger partial charge in [-0.3, -0.25) is 0 Å². The molecule has 1 aliphatic heterocycles. The van der Waals surface area contributed by atoms with E-state index in [9.17, 15) is 4.39 Å². The molecule has 3 heteroatoms. The molecule has 1 rings (SSSR count). The van der Waals surface area contributed by atoms with E-state index in [1.54, 1.807) is 0 Å². The fourth-order valence-corrected chi connectivity index (χ4v) is 1.30. The molecule has 0 radical (unpaired) electrons. The molecule has 0 aromatic carbocycles. The Morgan fingerprint density at radius 2 is 2.25 bits per heavy atom. The summed E-state index contributed by atoms with van der Waals surface area (Å²) in [4.78, 5) is 1.95. The topological polar surface area (TPSA) is 3.24 Å². The number of halogens is 1. The predicted molar refractivity (Wildman–Crippen MR) is 35.2 cm³/mol. The molecule has 1 unspecified atom stereocenters. The van der Waals surface area contributed by atoms with Crippen molar-refractivity contribution < 1.29 is 4.39 Å². The molecule has 0 aliphatic carbocycles. The summed E-state index contributed by atoms with van der Waals surface area (Å²) < 4.78 is 12.4. The van der Waals surface area contributed by atoms with E-state index < -0.39 is 6.17 Å². The zero-order valence-corrected chi connectivity index (χ0v) is 5.74. The van der Waals surface area contributed by atoms with Crippen LogP contribution >= 0.6 is 12.6 Å². The van der Waals surface area contributed by atoms with E-state index in [1.165, 1.54) is 0 Å². The van der Waals surface area contributed by atoms with E-state index in [2.05, 4.69) is 12.6 Å². The molecule has 0 aromatic heterocycles. The normalized spacial score (nSPS) is 40.9. The summed E-state index contributed by atoms with van der Waals surface area (Å²) in [5.41, 5.74) is 0. The molecule has 1 nitrogen and oxygen atoms in total. The minimum Gasteiger partial charge on any atom is -0.302 e. The van der Waals surface area contributed by atoms with Gasteiger partial charge in [0, 0.05) is 18.3 Å². The monoisotopic (exact) mass is 135 g/mol. The molecule has 48 valence electrons. The van der Waals surface area contributed by atoms with Crippen LogP contribution in [0.4, 0.5) is 4.39 Å². The average molecular weight is 135 g/mol. The molecule has 2 atom stereocenters. The van der Waals surface area contributed by atoms with Crippen molar-refractivity contribution in [2.45, 2.75) is 11.4 Å². The lowest BCUT2D eigenvalue weighted by Crippen LogP contribution is -2.13. The highest BCUT2D eigenvalue weighted by molar-refractivity contribution is 7.81. The van der Waals surface area contributed by atoms with Gasteiger partial charge in [-0.25, -0.2) is 4.39 Å². The third-order valence-electron chi connectivity index (χ3n) is 1.40. The van der Waals surface area contributed by atoms with Gasteiger partial charge in [0.05, 0.1) is 0 Å². The van der Waals surface area contributed by atoms with E-state index in [0.29, 0.717) is 6.54 Å². The number of rotatable bonds is 0. The Morgan fingerprint density at radius 1 is 1.62 bits per heavy atom. The van der Waals surface area contributed by atoms with E-state index in [-0.39, 0.29) is 5.25 Å². The van der Waals surface area contributed by atoms with E-state index in [0.717, 1.165) is 6.54 Å². The highest BCUT2D eigenvalue weighted by Gasteiger charge is 2.27. The fraction of sp³-hybridized carbons (Fsp3) is 1.00. The number of nitrogens with zero attached hydrogens (tertiary/aromatic N) is 1. The molecule has 0 amide bonds. The van der Waals surface area contributed by atoms with Gasteiger partial charge in [-0.15, -0.1) is 0 Å². The number of thiol groups is 1. The Labute approximate surface area is 54.3 Å². The average Bonchev–Trinajstić information content (AvgIpc) is 1.85. The van der Waals surface area contributed by atoms with E-state index in [1.807, 2.05) is 11.9 Å². The van der Waals surface area contributed by atoms with Crippen LogP contribution in [0.1, 0.15) is 0 Å². The van der Waals surface area contributed by atoms with Gasteiger partial charge in [0.15, 0.2) is 0 Å². The third-order valence-corrected chi connectivity index (χ3v) is 1.89. The number of likely N-dealkylation sites (tertiary alicyclic amines) is 1. The summed E-state index contributed by atoms with van der Waals surface area (Å²) in [6.07, 6.45) is -0.719. The van der Waals surface area contributed by atoms with Gasteiger partial charge < -0.3 is 4.90 Å². The molecule has 0 bridgehead atoms. The van der Waals surface area contributed by atoms with Crippen LogP contribution in [0.15, 0.2) is 0 Å². The van der Waals surface area contributed by atoms with Gasteiger partial charge in [-0.1, -0.05) is 0 Å². The summed E-state index contributed by atoms with van der Waals surface area (Å²) in [5, 5.41) is -0.0556. The fourth-order valence-electron chi connectivity index (χ4n) is 0.928. The van der Waals surface area contributed by atoms with Crippen LogP contribution in [0.5, 0.6) is 0 Å². The summed E-state index contributed by atoms with van der Waals surface area (Å²) >= 11 is 4.03. The first-order valence-corrected chi connectivity index (χ1v) is 3.22. The van der Waals surface area contributed by atoms with Crippen molar-refractivity contribution in [3.05, 3.63) is 0 Å². The third kappa shape index (κ3) is 1.14. The molecule has 8 heavy (non-hydrogen) atoms. The van der Waals surface area contributed by atoms with Crippen molar-refractivity contribution in [3.63, 3.8) is 0 Å². The lowest BCUT2D eigenvalue weighted by atomic mass is 10.3. The van der Waals surface area contributed by atoms with Crippen molar-refractivity contribution in [1.29, 1.82) is 0 Å². The standard InChI is InChI=1S/C5H10FNS/c1-7-2-4(6)5(8)3-7/h4-5,8H,2-3H2,1H3/t4-,5?/m0/s1. The van der Waals surface area contributed by atoms with Crippen molar-refractivity contribution >= 4 is 12.6 Å². The lowest BCUT2D eigenvalue weighted by Gasteiger charge is -2.02. The first kappa shape index (κ1) is 6.36. The van der Waals surface area contributed by atoms with Crippen molar-refractivity contribution in [3.8, 4) is 0 Å². The Bertz CT molecular complexity index is 78.5. The zero-order chi connectivity index (χ0) is 6.15. The Morgan fingerprint density at radius 3 is 2.38 bits per heavy atom. The molecule has 1 saturated heterocycles. The summed E-state index contributed by atoms with van der Waals surface area (Å²) in [7, 11) is 1.91. The zero-order valence-electron chi connectivity index (χ0n) is 4.84. The summed E-state index contributed by atoms with van der Waals surface area (Å²) in [6, 6.07) is 0. The highest BCUT2D eigenvalue weighted by Crippen LogP contribution is 2.15. The molecule has 1 fully saturated rings. The summed E-state index contributed by atoms with van der Waals surface area (Å²) in [6.45, 7) is 1.33. The van der Waals surface area contributed by atoms with E-state index >= 15 is 0 Å². The van der Waals surface area contributed by atoms with Crippen LogP contribution in [-0.4, -0.2) is 36.5 Å². The van der Waals surface area contributed by atoms with Crippen molar-refractivity contribution in [1.82, 2.24) is 4.90 Å². The lowest BCUT2D eigenvalue weighted by molar-refractivity contribution is 0.323. The van der Waals surface area contributed by atoms with Crippen LogP contribution < -0.4 is 0 Å². The Kier molecular flexibility index (Phi) is 1.77. The number of alkyl halides is 1. The van der Waals surface area contributed by atoms with Gasteiger partial charge in [0.1, 0.15) is 6.17 Å². The second kappa shape index (κ2) is 2.23. The summed E-state index contributed by atoms with van der Waals surface area (Å²) in [5.74, 6) is 0. The van der Waals surface area contributed by atoms with Gasteiger partial charge in [0.2, 0.25) is 0 Å². The molecule has 1 heterocycles. The maximum atomic E-state index is 12.4. The quantitative estimate of drug-likeness (QED) is 0.475. The molecule has 0 spiro atoms. The predicted octanol–water partition coefficient (Wildman–Crippen LogP) is 0.568. The minimum atomic E-state index is -0.719. The first-order chi connectivity index (χ1) is 3.70. The van der Waals surface area contributed by atoms with Gasteiger partial charge >= 0.3 is 0 Å². The van der Waals surface area contributed by atoms with Crippen LogP contribution in [0.3, 0.4) is 0 Å². The maximum absolute atomic E-state index is 12.4. The molecule has 0 N–H and O–H groups in total. The second-order valence-electron chi connectivity index (χ2n) is 2.30. The maximum Gasteiger partial charge on any atom is 0.125 e. The van der Waals surface area contributed by atoms with Crippen molar-refractivity contribution in [2.24, 2.45) is 0 Å². The Hall–Kier alpha value is 0.240. The largest absolute Gasteiger partial charge is 0.302 e. The van der Waals surface area contributed by atoms with Crippen LogP contribution in [0.25, 0.3) is 0 Å². The Balaban J connectivity index is 2.39. The highest BCUT2D eigenvalue weighted by atomic mass is 32.1. The molecule has 0 saturated carbocycles. The molecule has 1 aliphatic rings. The number of hydrogen-bond donors (Lipinski definition) is 1. The number of hydrogen-bond acceptors (Lipinski definition) is 2. The van der Waals surface area contributed by atoms with Crippen molar-refractivity contribution in [2.75, 3.05) is 20.1 Å². The smallest absolute Gasteiger partial charge is 0.125 e.